The van der Waals surface area contributed by atoms with E-state index in [0.717, 1.165) is 0 Å². The van der Waals surface area contributed by atoms with Crippen LogP contribution < -0.4 is 0 Å². The van der Waals surface area contributed by atoms with Crippen molar-refractivity contribution in [3.05, 3.63) is 83.4 Å². The van der Waals surface area contributed by atoms with Crippen LogP contribution in [0.4, 0.5) is 4.39 Å². The Morgan fingerprint density at radius 2 is 1.92 bits per heavy atom. The summed E-state index contributed by atoms with van der Waals surface area (Å²) in [6.45, 7) is 0. The molecular weight excluding hydrogens is 321 g/mol. The third-order valence-electron chi connectivity index (χ3n) is 3.59. The summed E-state index contributed by atoms with van der Waals surface area (Å²) in [5.74, 6) is -0.688. The second kappa shape index (κ2) is 6.85. The van der Waals surface area contributed by atoms with Crippen LogP contribution in [0.25, 0.3) is 23.0 Å². The van der Waals surface area contributed by atoms with Gasteiger partial charge >= 0.3 is 5.97 Å². The second-order valence-corrected chi connectivity index (χ2v) is 5.24. The highest BCUT2D eigenvalue weighted by Crippen LogP contribution is 2.26. The molecular formula is C20H12FNO3. The molecule has 0 atom stereocenters. The van der Waals surface area contributed by atoms with Gasteiger partial charge in [0, 0.05) is 11.1 Å². The number of nitriles is 1. The average molecular weight is 333 g/mol. The summed E-state index contributed by atoms with van der Waals surface area (Å²) >= 11 is 0. The number of aromatic carboxylic acids is 1. The monoisotopic (exact) mass is 333 g/mol. The molecule has 0 amide bonds. The van der Waals surface area contributed by atoms with E-state index >= 15 is 0 Å². The zero-order valence-corrected chi connectivity index (χ0v) is 12.9. The quantitative estimate of drug-likeness (QED) is 0.693. The Labute approximate surface area is 143 Å². The number of furan rings is 1. The first kappa shape index (κ1) is 16.2. The van der Waals surface area contributed by atoms with Gasteiger partial charge in [0.2, 0.25) is 0 Å². The number of rotatable bonds is 4. The molecule has 0 aliphatic carbocycles. The highest BCUT2D eigenvalue weighted by atomic mass is 19.1. The van der Waals surface area contributed by atoms with Crippen molar-refractivity contribution in [2.24, 2.45) is 0 Å². The zero-order chi connectivity index (χ0) is 17.8. The second-order valence-electron chi connectivity index (χ2n) is 5.24. The average Bonchev–Trinajstić information content (AvgIpc) is 3.09. The highest BCUT2D eigenvalue weighted by molar-refractivity contribution is 5.90. The Morgan fingerprint density at radius 1 is 1.12 bits per heavy atom. The van der Waals surface area contributed by atoms with E-state index < -0.39 is 11.8 Å². The van der Waals surface area contributed by atoms with Crippen LogP contribution in [0.1, 0.15) is 21.7 Å². The lowest BCUT2D eigenvalue weighted by Crippen LogP contribution is -1.95. The van der Waals surface area contributed by atoms with Crippen molar-refractivity contribution >= 4 is 17.6 Å². The summed E-state index contributed by atoms with van der Waals surface area (Å²) in [6.07, 6.45) is 1.45. The lowest BCUT2D eigenvalue weighted by atomic mass is 10.1. The fourth-order valence-corrected chi connectivity index (χ4v) is 2.38. The van der Waals surface area contributed by atoms with Crippen LogP contribution in [0, 0.1) is 17.1 Å². The molecule has 3 aromatic rings. The van der Waals surface area contributed by atoms with E-state index in [1.165, 1.54) is 30.3 Å². The first-order valence-electron chi connectivity index (χ1n) is 7.39. The molecule has 5 heteroatoms. The van der Waals surface area contributed by atoms with Gasteiger partial charge in [0.1, 0.15) is 17.3 Å². The van der Waals surface area contributed by atoms with Crippen molar-refractivity contribution in [3.63, 3.8) is 0 Å². The maximum absolute atomic E-state index is 13.8. The molecule has 1 N–H and O–H groups in total. The maximum atomic E-state index is 13.8. The molecule has 2 aromatic carbocycles. The minimum Gasteiger partial charge on any atom is -0.478 e. The number of benzene rings is 2. The number of nitrogens with zero attached hydrogens (tertiary/aromatic N) is 1. The predicted molar refractivity (Wildman–Crippen MR) is 91.0 cm³/mol. The van der Waals surface area contributed by atoms with Crippen molar-refractivity contribution in [3.8, 4) is 17.4 Å². The molecule has 0 saturated heterocycles. The van der Waals surface area contributed by atoms with E-state index in [4.69, 9.17) is 9.52 Å². The van der Waals surface area contributed by atoms with E-state index in [1.54, 1.807) is 36.4 Å². The van der Waals surface area contributed by atoms with E-state index in [9.17, 15) is 14.4 Å². The van der Waals surface area contributed by atoms with Crippen molar-refractivity contribution in [2.75, 3.05) is 0 Å². The van der Waals surface area contributed by atoms with Crippen molar-refractivity contribution in [2.45, 2.75) is 0 Å². The predicted octanol–water partition coefficient (Wildman–Crippen LogP) is 4.85. The Balaban J connectivity index is 1.96. The summed E-state index contributed by atoms with van der Waals surface area (Å²) in [5.41, 5.74) is 1.08. The van der Waals surface area contributed by atoms with Gasteiger partial charge in [-0.15, -0.1) is 0 Å². The zero-order valence-electron chi connectivity index (χ0n) is 12.9. The first-order valence-corrected chi connectivity index (χ1v) is 7.39. The summed E-state index contributed by atoms with van der Waals surface area (Å²) in [7, 11) is 0. The lowest BCUT2D eigenvalue weighted by molar-refractivity contribution is 0.0697. The topological polar surface area (TPSA) is 74.2 Å². The van der Waals surface area contributed by atoms with Gasteiger partial charge in [-0.2, -0.15) is 5.26 Å². The molecule has 0 unspecified atom stereocenters. The molecule has 1 aromatic heterocycles. The summed E-state index contributed by atoms with van der Waals surface area (Å²) in [5, 5.41) is 18.3. The van der Waals surface area contributed by atoms with Crippen LogP contribution >= 0.6 is 0 Å². The molecule has 1 heterocycles. The molecule has 3 rings (SSSR count). The number of hydrogen-bond acceptors (Lipinski definition) is 3. The molecule has 4 nitrogen and oxygen atoms in total. The minimum absolute atomic E-state index is 0.137. The molecule has 122 valence electrons. The molecule has 0 fully saturated rings. The van der Waals surface area contributed by atoms with Gasteiger partial charge in [0.25, 0.3) is 0 Å². The van der Waals surface area contributed by atoms with Crippen LogP contribution in [0.15, 0.2) is 65.1 Å². The van der Waals surface area contributed by atoms with E-state index in [1.807, 2.05) is 6.07 Å². The molecule has 0 bridgehead atoms. The van der Waals surface area contributed by atoms with Crippen molar-refractivity contribution in [1.82, 2.24) is 0 Å². The first-order chi connectivity index (χ1) is 12.1. The fourth-order valence-electron chi connectivity index (χ4n) is 2.38. The Hall–Kier alpha value is -3.65. The molecule has 0 aliphatic rings. The molecule has 0 spiro atoms. The number of carboxylic acids is 1. The minimum atomic E-state index is -1.03. The third kappa shape index (κ3) is 3.48. The van der Waals surface area contributed by atoms with Crippen molar-refractivity contribution in [1.29, 1.82) is 5.26 Å². The summed E-state index contributed by atoms with van der Waals surface area (Å²) in [6, 6.07) is 17.6. The van der Waals surface area contributed by atoms with Crippen LogP contribution in [0.2, 0.25) is 0 Å². The fraction of sp³-hybridized carbons (Fsp3) is 0. The number of carbonyl (C=O) groups is 1. The van der Waals surface area contributed by atoms with Crippen LogP contribution in [-0.2, 0) is 0 Å². The van der Waals surface area contributed by atoms with Gasteiger partial charge in [0.15, 0.2) is 0 Å². The summed E-state index contributed by atoms with van der Waals surface area (Å²) in [4.78, 5) is 11.1. The van der Waals surface area contributed by atoms with Gasteiger partial charge in [-0.25, -0.2) is 9.18 Å². The van der Waals surface area contributed by atoms with Gasteiger partial charge < -0.3 is 9.52 Å². The van der Waals surface area contributed by atoms with Gasteiger partial charge in [-0.3, -0.25) is 0 Å². The Bertz CT molecular complexity index is 1010. The molecule has 0 radical (unpaired) electrons. The van der Waals surface area contributed by atoms with E-state index in [2.05, 4.69) is 0 Å². The van der Waals surface area contributed by atoms with E-state index in [0.29, 0.717) is 17.1 Å². The van der Waals surface area contributed by atoms with Gasteiger partial charge in [-0.05, 0) is 36.4 Å². The van der Waals surface area contributed by atoms with Gasteiger partial charge in [0.05, 0.1) is 17.2 Å². The largest absolute Gasteiger partial charge is 0.478 e. The van der Waals surface area contributed by atoms with Crippen LogP contribution in [0.3, 0.4) is 0 Å². The number of hydrogen-bond donors (Lipinski definition) is 1. The molecule has 0 saturated carbocycles. The molecule has 25 heavy (non-hydrogen) atoms. The van der Waals surface area contributed by atoms with Crippen LogP contribution in [0.5, 0.6) is 0 Å². The SMILES string of the molecule is N#C/C(=C\c1ccc(-c2cccc(C(=O)O)c2)o1)c1ccccc1F. The van der Waals surface area contributed by atoms with Gasteiger partial charge in [-0.1, -0.05) is 30.3 Å². The highest BCUT2D eigenvalue weighted by Gasteiger charge is 2.10. The maximum Gasteiger partial charge on any atom is 0.335 e. The lowest BCUT2D eigenvalue weighted by Gasteiger charge is -2.00. The van der Waals surface area contributed by atoms with Crippen molar-refractivity contribution < 1.29 is 18.7 Å². The normalized spacial score (nSPS) is 11.1. The number of allylic oxidation sites excluding steroid dienone is 1. The number of halogens is 1. The Kier molecular flexibility index (Phi) is 4.44. The van der Waals surface area contributed by atoms with Crippen LogP contribution in [-0.4, -0.2) is 11.1 Å². The summed E-state index contributed by atoms with van der Waals surface area (Å²) < 4.78 is 19.5. The smallest absolute Gasteiger partial charge is 0.335 e. The molecule has 0 aliphatic heterocycles. The number of carboxylic acid groups (broad SMARTS) is 1. The standard InChI is InChI=1S/C20H12FNO3/c21-18-7-2-1-6-17(18)15(12-22)11-16-8-9-19(25-16)13-4-3-5-14(10-13)20(23)24/h1-11H,(H,23,24)/b15-11+. The Morgan fingerprint density at radius 3 is 2.64 bits per heavy atom. The third-order valence-corrected chi connectivity index (χ3v) is 3.59. The van der Waals surface area contributed by atoms with E-state index in [-0.39, 0.29) is 16.7 Å².